The molecule has 0 atom stereocenters. The second-order valence-corrected chi connectivity index (χ2v) is 2.41. The SMILES string of the molecule is Cl.NC(=O)c1ccccc1C(F)(F)F. The van der Waals surface area contributed by atoms with Gasteiger partial charge in [-0.25, -0.2) is 0 Å². The first-order chi connectivity index (χ1) is 5.93. The number of primary amides is 1. The van der Waals surface area contributed by atoms with Gasteiger partial charge in [-0.2, -0.15) is 13.2 Å². The van der Waals surface area contributed by atoms with Crippen LogP contribution in [0.5, 0.6) is 0 Å². The molecule has 0 fully saturated rings. The number of halogens is 4. The second-order valence-electron chi connectivity index (χ2n) is 2.41. The topological polar surface area (TPSA) is 43.1 Å². The Labute approximate surface area is 84.3 Å². The minimum atomic E-state index is -4.54. The summed E-state index contributed by atoms with van der Waals surface area (Å²) in [5.74, 6) is -1.08. The summed E-state index contributed by atoms with van der Waals surface area (Å²) < 4.78 is 36.6. The van der Waals surface area contributed by atoms with E-state index in [0.29, 0.717) is 0 Å². The largest absolute Gasteiger partial charge is 0.417 e. The van der Waals surface area contributed by atoms with Crippen LogP contribution in [0.3, 0.4) is 0 Å². The summed E-state index contributed by atoms with van der Waals surface area (Å²) in [6.07, 6.45) is -4.54. The maximum absolute atomic E-state index is 12.2. The third-order valence-electron chi connectivity index (χ3n) is 1.50. The molecule has 14 heavy (non-hydrogen) atoms. The zero-order valence-corrected chi connectivity index (χ0v) is 7.65. The van der Waals surface area contributed by atoms with Gasteiger partial charge >= 0.3 is 6.18 Å². The number of carbonyl (C=O) groups excluding carboxylic acids is 1. The van der Waals surface area contributed by atoms with E-state index in [9.17, 15) is 18.0 Å². The number of nitrogens with two attached hydrogens (primary N) is 1. The lowest BCUT2D eigenvalue weighted by molar-refractivity contribution is -0.137. The molecule has 6 heteroatoms. The molecule has 0 bridgehead atoms. The van der Waals surface area contributed by atoms with Crippen molar-refractivity contribution in [2.75, 3.05) is 0 Å². The van der Waals surface area contributed by atoms with E-state index in [1.165, 1.54) is 12.1 Å². The van der Waals surface area contributed by atoms with Crippen molar-refractivity contribution in [1.29, 1.82) is 0 Å². The molecule has 0 spiro atoms. The Kier molecular flexibility index (Phi) is 3.94. The molecule has 0 aromatic heterocycles. The fourth-order valence-electron chi connectivity index (χ4n) is 0.945. The van der Waals surface area contributed by atoms with Crippen molar-refractivity contribution in [3.8, 4) is 0 Å². The van der Waals surface area contributed by atoms with Crippen molar-refractivity contribution in [2.45, 2.75) is 6.18 Å². The quantitative estimate of drug-likeness (QED) is 0.783. The molecular formula is C8H7ClF3NO. The van der Waals surface area contributed by atoms with Crippen molar-refractivity contribution in [1.82, 2.24) is 0 Å². The number of hydrogen-bond donors (Lipinski definition) is 1. The van der Waals surface area contributed by atoms with Gasteiger partial charge < -0.3 is 5.73 Å². The molecule has 0 aliphatic carbocycles. The standard InChI is InChI=1S/C8H6F3NO.ClH/c9-8(10,11)6-4-2-1-3-5(6)7(12)13;/h1-4H,(H2,12,13);1H. The van der Waals surface area contributed by atoms with Crippen LogP contribution in [0.15, 0.2) is 24.3 Å². The minimum Gasteiger partial charge on any atom is -0.366 e. The van der Waals surface area contributed by atoms with Crippen LogP contribution in [-0.4, -0.2) is 5.91 Å². The van der Waals surface area contributed by atoms with E-state index in [1.807, 2.05) is 0 Å². The molecule has 0 saturated heterocycles. The van der Waals surface area contributed by atoms with Crippen LogP contribution >= 0.6 is 12.4 Å². The van der Waals surface area contributed by atoms with Gasteiger partial charge in [-0.1, -0.05) is 12.1 Å². The summed E-state index contributed by atoms with van der Waals surface area (Å²) in [6, 6.07) is 4.40. The van der Waals surface area contributed by atoms with Gasteiger partial charge in [-0.15, -0.1) is 12.4 Å². The summed E-state index contributed by atoms with van der Waals surface area (Å²) >= 11 is 0. The molecule has 2 nitrogen and oxygen atoms in total. The lowest BCUT2D eigenvalue weighted by Crippen LogP contribution is -2.18. The fourth-order valence-corrected chi connectivity index (χ4v) is 0.945. The van der Waals surface area contributed by atoms with E-state index in [1.54, 1.807) is 0 Å². The average Bonchev–Trinajstić information content (AvgIpc) is 2.03. The lowest BCUT2D eigenvalue weighted by atomic mass is 10.1. The fraction of sp³-hybridized carbons (Fsp3) is 0.125. The molecule has 78 valence electrons. The minimum absolute atomic E-state index is 0. The van der Waals surface area contributed by atoms with E-state index < -0.39 is 23.2 Å². The molecular weight excluding hydrogens is 219 g/mol. The van der Waals surface area contributed by atoms with Gasteiger partial charge in [0, 0.05) is 0 Å². The van der Waals surface area contributed by atoms with Crippen LogP contribution in [0.4, 0.5) is 13.2 Å². The number of alkyl halides is 3. The summed E-state index contributed by atoms with van der Waals surface area (Å²) in [5.41, 5.74) is 3.27. The Morgan fingerprint density at radius 2 is 1.71 bits per heavy atom. The van der Waals surface area contributed by atoms with Crippen molar-refractivity contribution < 1.29 is 18.0 Å². The summed E-state index contributed by atoms with van der Waals surface area (Å²) in [4.78, 5) is 10.6. The third kappa shape index (κ3) is 2.63. The molecule has 0 radical (unpaired) electrons. The van der Waals surface area contributed by atoms with Gasteiger partial charge in [0.15, 0.2) is 0 Å². The molecule has 0 unspecified atom stereocenters. The van der Waals surface area contributed by atoms with Crippen LogP contribution in [0, 0.1) is 0 Å². The zero-order valence-electron chi connectivity index (χ0n) is 6.84. The third-order valence-corrected chi connectivity index (χ3v) is 1.50. The highest BCUT2D eigenvalue weighted by Gasteiger charge is 2.34. The molecule has 0 aliphatic rings. The van der Waals surface area contributed by atoms with Crippen molar-refractivity contribution >= 4 is 18.3 Å². The average molecular weight is 226 g/mol. The van der Waals surface area contributed by atoms with Gasteiger partial charge in [0.25, 0.3) is 0 Å². The van der Waals surface area contributed by atoms with Gasteiger partial charge in [0.1, 0.15) is 0 Å². The summed E-state index contributed by atoms with van der Waals surface area (Å²) in [6.45, 7) is 0. The molecule has 0 saturated carbocycles. The highest BCUT2D eigenvalue weighted by atomic mass is 35.5. The van der Waals surface area contributed by atoms with E-state index in [0.717, 1.165) is 12.1 Å². The maximum atomic E-state index is 12.2. The zero-order chi connectivity index (χ0) is 10.1. The Morgan fingerprint density at radius 1 is 1.21 bits per heavy atom. The Balaban J connectivity index is 0.00000169. The second kappa shape index (κ2) is 4.32. The van der Waals surface area contributed by atoms with Crippen molar-refractivity contribution in [2.24, 2.45) is 5.73 Å². The molecule has 1 amide bonds. The van der Waals surface area contributed by atoms with Crippen LogP contribution in [-0.2, 0) is 6.18 Å². The predicted molar refractivity (Wildman–Crippen MR) is 47.2 cm³/mol. The van der Waals surface area contributed by atoms with E-state index in [4.69, 9.17) is 5.73 Å². The monoisotopic (exact) mass is 225 g/mol. The maximum Gasteiger partial charge on any atom is 0.417 e. The highest BCUT2D eigenvalue weighted by Crippen LogP contribution is 2.31. The number of hydrogen-bond acceptors (Lipinski definition) is 1. The predicted octanol–water partition coefficient (Wildman–Crippen LogP) is 2.23. The first-order valence-corrected chi connectivity index (χ1v) is 3.39. The highest BCUT2D eigenvalue weighted by molar-refractivity contribution is 5.94. The number of rotatable bonds is 1. The summed E-state index contributed by atoms with van der Waals surface area (Å²) in [7, 11) is 0. The van der Waals surface area contributed by atoms with E-state index in [-0.39, 0.29) is 12.4 Å². The molecule has 2 N–H and O–H groups in total. The van der Waals surface area contributed by atoms with Crippen LogP contribution in [0.25, 0.3) is 0 Å². The van der Waals surface area contributed by atoms with Crippen LogP contribution in [0.2, 0.25) is 0 Å². The normalized spacial score (nSPS) is 10.5. The Hall–Kier alpha value is -1.23. The molecule has 0 heterocycles. The first-order valence-electron chi connectivity index (χ1n) is 3.39. The molecule has 1 aromatic carbocycles. The van der Waals surface area contributed by atoms with E-state index in [2.05, 4.69) is 0 Å². The van der Waals surface area contributed by atoms with Crippen LogP contribution in [0.1, 0.15) is 15.9 Å². The van der Waals surface area contributed by atoms with Crippen molar-refractivity contribution in [3.05, 3.63) is 35.4 Å². The molecule has 1 aromatic rings. The Bertz CT molecular complexity index is 338. The van der Waals surface area contributed by atoms with Crippen LogP contribution < -0.4 is 5.73 Å². The summed E-state index contributed by atoms with van der Waals surface area (Å²) in [5, 5.41) is 0. The Morgan fingerprint density at radius 3 is 2.07 bits per heavy atom. The lowest BCUT2D eigenvalue weighted by Gasteiger charge is -2.09. The van der Waals surface area contributed by atoms with E-state index >= 15 is 0 Å². The number of carbonyl (C=O) groups is 1. The molecule has 1 rings (SSSR count). The first kappa shape index (κ1) is 12.8. The van der Waals surface area contributed by atoms with Gasteiger partial charge in [-0.05, 0) is 12.1 Å². The number of benzene rings is 1. The molecule has 0 aliphatic heterocycles. The smallest absolute Gasteiger partial charge is 0.366 e. The van der Waals surface area contributed by atoms with Gasteiger partial charge in [0.05, 0.1) is 11.1 Å². The van der Waals surface area contributed by atoms with Gasteiger partial charge in [-0.3, -0.25) is 4.79 Å². The van der Waals surface area contributed by atoms with Gasteiger partial charge in [0.2, 0.25) is 5.91 Å². The van der Waals surface area contributed by atoms with Crippen molar-refractivity contribution in [3.63, 3.8) is 0 Å². The number of amides is 1.